The van der Waals surface area contributed by atoms with Crippen LogP contribution in [-0.4, -0.2) is 11.7 Å². The fourth-order valence-corrected chi connectivity index (χ4v) is 2.06. The van der Waals surface area contributed by atoms with Gasteiger partial charge in [0.05, 0.1) is 0 Å². The number of carbonyl (C=O) groups is 2. The molecular weight excluding hydrogens is 154 g/mol. The maximum absolute atomic E-state index is 11.1. The molecule has 0 spiro atoms. The summed E-state index contributed by atoms with van der Waals surface area (Å²) in [5, 5.41) is 0. The minimum atomic E-state index is -0.320. The second-order valence-corrected chi connectivity index (χ2v) is 3.80. The maximum atomic E-state index is 11.1. The van der Waals surface area contributed by atoms with Crippen molar-refractivity contribution in [1.82, 2.24) is 0 Å². The van der Waals surface area contributed by atoms with Crippen LogP contribution in [0.4, 0.5) is 0 Å². The fraction of sp³-hybridized carbons (Fsp3) is 0.778. The van der Waals surface area contributed by atoms with Crippen LogP contribution in [0.1, 0.15) is 26.7 Å². The van der Waals surface area contributed by atoms with Crippen molar-refractivity contribution in [1.29, 1.82) is 0 Å². The number of primary amides is 1. The molecule has 1 rings (SSSR count). The predicted octanol–water partition coefficient (Wildman–Crippen LogP) is 0.723. The van der Waals surface area contributed by atoms with Crippen molar-refractivity contribution >= 4 is 11.7 Å². The van der Waals surface area contributed by atoms with Crippen molar-refractivity contribution in [2.24, 2.45) is 23.5 Å². The molecule has 1 amide bonds. The molecule has 3 nitrogen and oxygen atoms in total. The molecule has 68 valence electrons. The number of amides is 1. The van der Waals surface area contributed by atoms with E-state index in [4.69, 9.17) is 5.73 Å². The van der Waals surface area contributed by atoms with Crippen molar-refractivity contribution < 1.29 is 9.59 Å². The summed E-state index contributed by atoms with van der Waals surface area (Å²) in [7, 11) is 0. The number of rotatable bonds is 2. The number of carbonyl (C=O) groups excluding carboxylic acids is 2. The Morgan fingerprint density at radius 2 is 1.75 bits per heavy atom. The van der Waals surface area contributed by atoms with Gasteiger partial charge in [-0.2, -0.15) is 0 Å². The molecule has 0 bridgehead atoms. The van der Waals surface area contributed by atoms with Crippen molar-refractivity contribution in [3.63, 3.8) is 0 Å². The second kappa shape index (κ2) is 3.25. The van der Waals surface area contributed by atoms with Crippen molar-refractivity contribution in [2.75, 3.05) is 0 Å². The number of hydrogen-bond acceptors (Lipinski definition) is 2. The van der Waals surface area contributed by atoms with E-state index in [1.165, 1.54) is 0 Å². The standard InChI is InChI=1S/C9H15NO2/c1-5-3-7(6(2)11)8(4-5)9(10)12/h5,7-8H,3-4H2,1-2H3,(H2,10,12)/t5-,7-,8+/m1/s1. The van der Waals surface area contributed by atoms with Crippen molar-refractivity contribution in [2.45, 2.75) is 26.7 Å². The van der Waals surface area contributed by atoms with Crippen LogP contribution < -0.4 is 5.73 Å². The van der Waals surface area contributed by atoms with E-state index in [-0.39, 0.29) is 23.5 Å². The van der Waals surface area contributed by atoms with Crippen LogP contribution >= 0.6 is 0 Å². The van der Waals surface area contributed by atoms with E-state index in [9.17, 15) is 9.59 Å². The maximum Gasteiger partial charge on any atom is 0.221 e. The third-order valence-electron chi connectivity index (χ3n) is 2.69. The summed E-state index contributed by atoms with van der Waals surface area (Å²) >= 11 is 0. The van der Waals surface area contributed by atoms with Gasteiger partial charge in [-0.05, 0) is 25.7 Å². The van der Waals surface area contributed by atoms with E-state index in [0.717, 1.165) is 12.8 Å². The molecule has 2 N–H and O–H groups in total. The predicted molar refractivity (Wildman–Crippen MR) is 45.3 cm³/mol. The number of Topliss-reactive ketones (excluding diaryl/α,β-unsaturated/α-hetero) is 1. The first kappa shape index (κ1) is 9.23. The largest absolute Gasteiger partial charge is 0.369 e. The first-order valence-electron chi connectivity index (χ1n) is 4.32. The summed E-state index contributed by atoms with van der Waals surface area (Å²) < 4.78 is 0. The van der Waals surface area contributed by atoms with Gasteiger partial charge in [0.25, 0.3) is 0 Å². The Balaban J connectivity index is 2.72. The van der Waals surface area contributed by atoms with Gasteiger partial charge in [-0.1, -0.05) is 6.92 Å². The normalized spacial score (nSPS) is 35.0. The third kappa shape index (κ3) is 1.65. The first-order chi connectivity index (χ1) is 5.52. The Bertz CT molecular complexity index is 191. The SMILES string of the molecule is CC(=O)[C@H]1C[C@@H](C)C[C@@H]1C(N)=O. The van der Waals surface area contributed by atoms with Gasteiger partial charge in [-0.15, -0.1) is 0 Å². The lowest BCUT2D eigenvalue weighted by Crippen LogP contribution is -2.29. The van der Waals surface area contributed by atoms with E-state index in [2.05, 4.69) is 6.92 Å². The highest BCUT2D eigenvalue weighted by Crippen LogP contribution is 2.36. The van der Waals surface area contributed by atoms with Crippen LogP contribution in [0, 0.1) is 17.8 Å². The Morgan fingerprint density at radius 3 is 2.08 bits per heavy atom. The quantitative estimate of drug-likeness (QED) is 0.662. The van der Waals surface area contributed by atoms with Crippen LogP contribution in [0.3, 0.4) is 0 Å². The average molecular weight is 169 g/mol. The minimum absolute atomic E-state index is 0.100. The number of ketones is 1. The Kier molecular flexibility index (Phi) is 2.50. The zero-order valence-corrected chi connectivity index (χ0v) is 7.54. The third-order valence-corrected chi connectivity index (χ3v) is 2.69. The van der Waals surface area contributed by atoms with Crippen LogP contribution in [0.15, 0.2) is 0 Å². The van der Waals surface area contributed by atoms with Crippen LogP contribution in [0.25, 0.3) is 0 Å². The lowest BCUT2D eigenvalue weighted by atomic mass is 9.92. The molecule has 0 radical (unpaired) electrons. The zero-order valence-electron chi connectivity index (χ0n) is 7.54. The van der Waals surface area contributed by atoms with E-state index in [1.807, 2.05) is 0 Å². The fourth-order valence-electron chi connectivity index (χ4n) is 2.06. The van der Waals surface area contributed by atoms with Gasteiger partial charge in [-0.25, -0.2) is 0 Å². The van der Waals surface area contributed by atoms with Crippen molar-refractivity contribution in [3.05, 3.63) is 0 Å². The number of nitrogens with two attached hydrogens (primary N) is 1. The molecule has 0 aliphatic heterocycles. The molecular formula is C9H15NO2. The lowest BCUT2D eigenvalue weighted by Gasteiger charge is -2.11. The molecule has 1 fully saturated rings. The van der Waals surface area contributed by atoms with Crippen LogP contribution in [0.2, 0.25) is 0 Å². The van der Waals surface area contributed by atoms with Gasteiger partial charge in [0.15, 0.2) is 0 Å². The summed E-state index contributed by atoms with van der Waals surface area (Å²) in [6, 6.07) is 0. The molecule has 0 aromatic carbocycles. The van der Waals surface area contributed by atoms with E-state index in [1.54, 1.807) is 6.92 Å². The highest BCUT2D eigenvalue weighted by molar-refractivity contribution is 5.87. The van der Waals surface area contributed by atoms with Gasteiger partial charge in [0, 0.05) is 11.8 Å². The van der Waals surface area contributed by atoms with Gasteiger partial charge in [-0.3, -0.25) is 9.59 Å². The second-order valence-electron chi connectivity index (χ2n) is 3.80. The highest BCUT2D eigenvalue weighted by Gasteiger charge is 2.38. The summed E-state index contributed by atoms with van der Waals surface area (Å²) in [6.07, 6.45) is 1.60. The molecule has 0 saturated heterocycles. The van der Waals surface area contributed by atoms with E-state index < -0.39 is 0 Å². The molecule has 1 saturated carbocycles. The van der Waals surface area contributed by atoms with Crippen molar-refractivity contribution in [3.8, 4) is 0 Å². The smallest absolute Gasteiger partial charge is 0.221 e. The summed E-state index contributed by atoms with van der Waals surface area (Å²) in [5.41, 5.74) is 5.20. The molecule has 1 aliphatic carbocycles. The van der Waals surface area contributed by atoms with Crippen LogP contribution in [0.5, 0.6) is 0 Å². The van der Waals surface area contributed by atoms with E-state index in [0.29, 0.717) is 5.92 Å². The summed E-state index contributed by atoms with van der Waals surface area (Å²) in [5.74, 6) is -0.0888. The molecule has 12 heavy (non-hydrogen) atoms. The summed E-state index contributed by atoms with van der Waals surface area (Å²) in [4.78, 5) is 22.0. The van der Waals surface area contributed by atoms with Gasteiger partial charge >= 0.3 is 0 Å². The Labute approximate surface area is 72.3 Å². The lowest BCUT2D eigenvalue weighted by molar-refractivity contribution is -0.129. The zero-order chi connectivity index (χ0) is 9.30. The minimum Gasteiger partial charge on any atom is -0.369 e. The van der Waals surface area contributed by atoms with Gasteiger partial charge in [0.1, 0.15) is 5.78 Å². The average Bonchev–Trinajstić information content (AvgIpc) is 2.31. The molecule has 3 heteroatoms. The highest BCUT2D eigenvalue weighted by atomic mass is 16.1. The van der Waals surface area contributed by atoms with Gasteiger partial charge < -0.3 is 5.73 Å². The van der Waals surface area contributed by atoms with Gasteiger partial charge in [0.2, 0.25) is 5.91 Å². The molecule has 0 aromatic rings. The van der Waals surface area contributed by atoms with Crippen LogP contribution in [-0.2, 0) is 9.59 Å². The molecule has 0 aromatic heterocycles. The first-order valence-corrected chi connectivity index (χ1v) is 4.32. The Morgan fingerprint density at radius 1 is 1.25 bits per heavy atom. The monoisotopic (exact) mass is 169 g/mol. The molecule has 0 unspecified atom stereocenters. The number of hydrogen-bond donors (Lipinski definition) is 1. The molecule has 1 aliphatic rings. The Hall–Kier alpha value is -0.860. The molecule has 0 heterocycles. The molecule has 3 atom stereocenters. The topological polar surface area (TPSA) is 60.2 Å². The van der Waals surface area contributed by atoms with E-state index >= 15 is 0 Å². The summed E-state index contributed by atoms with van der Waals surface area (Å²) in [6.45, 7) is 3.59.